The van der Waals surface area contributed by atoms with Gasteiger partial charge in [0, 0.05) is 24.1 Å². The average Bonchev–Trinajstić information content (AvgIpc) is 2.54. The van der Waals surface area contributed by atoms with Crippen molar-refractivity contribution in [3.63, 3.8) is 0 Å². The van der Waals surface area contributed by atoms with Gasteiger partial charge in [-0.3, -0.25) is 9.78 Å². The first-order valence-corrected chi connectivity index (χ1v) is 7.34. The highest BCUT2D eigenvalue weighted by atomic mass is 16.5. The molecule has 0 radical (unpaired) electrons. The van der Waals surface area contributed by atoms with Crippen molar-refractivity contribution in [2.45, 2.75) is 26.3 Å². The number of nitrogens with two attached hydrogens (primary N) is 1. The minimum atomic E-state index is -0.519. The van der Waals surface area contributed by atoms with E-state index in [9.17, 15) is 4.79 Å². The molecule has 2 aromatic rings. The van der Waals surface area contributed by atoms with Gasteiger partial charge in [0.05, 0.1) is 6.04 Å². The average molecular weight is 299 g/mol. The number of nitrogens with one attached hydrogen (secondary N) is 1. The molecule has 1 heterocycles. The fourth-order valence-corrected chi connectivity index (χ4v) is 1.92. The number of benzene rings is 1. The van der Waals surface area contributed by atoms with Crippen molar-refractivity contribution < 1.29 is 9.53 Å². The van der Waals surface area contributed by atoms with E-state index in [2.05, 4.69) is 10.3 Å². The van der Waals surface area contributed by atoms with Crippen LogP contribution >= 0.6 is 0 Å². The predicted octanol–water partition coefficient (Wildman–Crippen LogP) is 3.19. The molecule has 0 bridgehead atoms. The van der Waals surface area contributed by atoms with Crippen molar-refractivity contribution in [3.05, 3.63) is 48.8 Å². The van der Waals surface area contributed by atoms with Gasteiger partial charge in [0.25, 0.3) is 0 Å². The molecule has 1 aromatic heterocycles. The normalized spacial score (nSPS) is 13.2. The molecule has 0 aliphatic heterocycles. The molecule has 2 unspecified atom stereocenters. The van der Waals surface area contributed by atoms with E-state index in [4.69, 9.17) is 10.5 Å². The van der Waals surface area contributed by atoms with Crippen LogP contribution in [0, 0.1) is 5.92 Å². The maximum Gasteiger partial charge on any atom is 0.241 e. The highest BCUT2D eigenvalue weighted by Crippen LogP contribution is 2.23. The third-order valence-electron chi connectivity index (χ3n) is 3.55. The largest absolute Gasteiger partial charge is 0.457 e. The molecule has 3 N–H and O–H groups in total. The van der Waals surface area contributed by atoms with Crippen LogP contribution in [0.3, 0.4) is 0 Å². The number of carbonyl (C=O) groups excluding carboxylic acids is 1. The molecule has 1 amide bonds. The molecule has 0 spiro atoms. The Morgan fingerprint density at radius 2 is 2.00 bits per heavy atom. The quantitative estimate of drug-likeness (QED) is 0.858. The number of rotatable bonds is 6. The fourth-order valence-electron chi connectivity index (χ4n) is 1.92. The van der Waals surface area contributed by atoms with Crippen molar-refractivity contribution in [2.24, 2.45) is 11.7 Å². The van der Waals surface area contributed by atoms with E-state index in [1.807, 2.05) is 26.0 Å². The summed E-state index contributed by atoms with van der Waals surface area (Å²) in [6.07, 6.45) is 4.18. The first kappa shape index (κ1) is 16.0. The third kappa shape index (κ3) is 4.30. The Hall–Kier alpha value is -2.40. The smallest absolute Gasteiger partial charge is 0.241 e. The topological polar surface area (TPSA) is 77.2 Å². The molecule has 1 aromatic carbocycles. The second-order valence-electron chi connectivity index (χ2n) is 5.21. The van der Waals surface area contributed by atoms with Crippen molar-refractivity contribution in [3.8, 4) is 11.5 Å². The molecule has 116 valence electrons. The van der Waals surface area contributed by atoms with Gasteiger partial charge in [-0.05, 0) is 30.2 Å². The molecule has 0 aliphatic rings. The zero-order valence-corrected chi connectivity index (χ0v) is 12.8. The lowest BCUT2D eigenvalue weighted by Crippen LogP contribution is -2.40. The second-order valence-corrected chi connectivity index (χ2v) is 5.21. The number of amides is 1. The maximum absolute atomic E-state index is 12.1. The molecule has 5 nitrogen and oxygen atoms in total. The molecule has 0 saturated carbocycles. The van der Waals surface area contributed by atoms with E-state index in [1.165, 1.54) is 0 Å². The van der Waals surface area contributed by atoms with E-state index >= 15 is 0 Å². The summed E-state index contributed by atoms with van der Waals surface area (Å²) in [6, 6.07) is 10.2. The Balaban J connectivity index is 2.04. The van der Waals surface area contributed by atoms with Gasteiger partial charge >= 0.3 is 0 Å². The summed E-state index contributed by atoms with van der Waals surface area (Å²) in [5, 5.41) is 2.83. The van der Waals surface area contributed by atoms with Crippen LogP contribution in [0.4, 0.5) is 5.69 Å². The number of aromatic nitrogens is 1. The first-order chi connectivity index (χ1) is 10.6. The van der Waals surface area contributed by atoms with Crippen LogP contribution in [-0.4, -0.2) is 16.9 Å². The molecule has 0 aliphatic carbocycles. The van der Waals surface area contributed by atoms with E-state index in [0.29, 0.717) is 17.2 Å². The van der Waals surface area contributed by atoms with E-state index in [1.54, 1.807) is 36.7 Å². The second kappa shape index (κ2) is 7.56. The van der Waals surface area contributed by atoms with Crippen LogP contribution in [0.1, 0.15) is 20.3 Å². The Morgan fingerprint density at radius 1 is 1.27 bits per heavy atom. The van der Waals surface area contributed by atoms with Crippen molar-refractivity contribution >= 4 is 11.6 Å². The van der Waals surface area contributed by atoms with Gasteiger partial charge < -0.3 is 15.8 Å². The van der Waals surface area contributed by atoms with Crippen molar-refractivity contribution in [2.75, 3.05) is 5.32 Å². The minimum absolute atomic E-state index is 0.135. The standard InChI is InChI=1S/C17H21N3O2/c1-3-12(2)16(18)17(21)20-13-5-4-6-15(11-13)22-14-7-9-19-10-8-14/h4-12,16H,3,18H2,1-2H3,(H,20,21). The highest BCUT2D eigenvalue weighted by Gasteiger charge is 2.19. The summed E-state index contributed by atoms with van der Waals surface area (Å²) in [7, 11) is 0. The Labute approximate surface area is 130 Å². The molecule has 2 atom stereocenters. The summed E-state index contributed by atoms with van der Waals surface area (Å²) < 4.78 is 5.71. The minimum Gasteiger partial charge on any atom is -0.457 e. The SMILES string of the molecule is CCC(C)C(N)C(=O)Nc1cccc(Oc2ccncc2)c1. The number of anilines is 1. The molecule has 0 fully saturated rings. The number of hydrogen-bond donors (Lipinski definition) is 2. The van der Waals surface area contributed by atoms with Crippen LogP contribution in [0.15, 0.2) is 48.8 Å². The van der Waals surface area contributed by atoms with E-state index < -0.39 is 6.04 Å². The van der Waals surface area contributed by atoms with E-state index in [-0.39, 0.29) is 11.8 Å². The lowest BCUT2D eigenvalue weighted by molar-refractivity contribution is -0.118. The molecular formula is C17H21N3O2. The Bertz CT molecular complexity index is 616. The van der Waals surface area contributed by atoms with Gasteiger partial charge in [0.15, 0.2) is 0 Å². The first-order valence-electron chi connectivity index (χ1n) is 7.34. The lowest BCUT2D eigenvalue weighted by atomic mass is 9.99. The fraction of sp³-hybridized carbons (Fsp3) is 0.294. The Morgan fingerprint density at radius 3 is 2.68 bits per heavy atom. The Kier molecular flexibility index (Phi) is 5.49. The maximum atomic E-state index is 12.1. The highest BCUT2D eigenvalue weighted by molar-refractivity contribution is 5.95. The van der Waals surface area contributed by atoms with Gasteiger partial charge in [-0.1, -0.05) is 26.3 Å². The van der Waals surface area contributed by atoms with Crippen LogP contribution in [0.5, 0.6) is 11.5 Å². The molecule has 2 rings (SSSR count). The summed E-state index contributed by atoms with van der Waals surface area (Å²) >= 11 is 0. The lowest BCUT2D eigenvalue weighted by Gasteiger charge is -2.18. The predicted molar refractivity (Wildman–Crippen MR) is 86.8 cm³/mol. The van der Waals surface area contributed by atoms with Gasteiger partial charge in [-0.2, -0.15) is 0 Å². The number of carbonyl (C=O) groups is 1. The van der Waals surface area contributed by atoms with E-state index in [0.717, 1.165) is 6.42 Å². The molecule has 22 heavy (non-hydrogen) atoms. The zero-order valence-electron chi connectivity index (χ0n) is 12.8. The summed E-state index contributed by atoms with van der Waals surface area (Å²) in [5.41, 5.74) is 6.59. The molecule has 0 saturated heterocycles. The number of nitrogens with zero attached hydrogens (tertiary/aromatic N) is 1. The molecule has 5 heteroatoms. The van der Waals surface area contributed by atoms with Crippen LogP contribution in [0.2, 0.25) is 0 Å². The van der Waals surface area contributed by atoms with Crippen molar-refractivity contribution in [1.82, 2.24) is 4.98 Å². The van der Waals surface area contributed by atoms with Crippen LogP contribution in [-0.2, 0) is 4.79 Å². The van der Waals surface area contributed by atoms with Crippen LogP contribution < -0.4 is 15.8 Å². The third-order valence-corrected chi connectivity index (χ3v) is 3.55. The van der Waals surface area contributed by atoms with Gasteiger partial charge in [-0.15, -0.1) is 0 Å². The zero-order chi connectivity index (χ0) is 15.9. The van der Waals surface area contributed by atoms with Crippen molar-refractivity contribution in [1.29, 1.82) is 0 Å². The summed E-state index contributed by atoms with van der Waals surface area (Å²) in [4.78, 5) is 16.0. The summed E-state index contributed by atoms with van der Waals surface area (Å²) in [5.74, 6) is 1.28. The van der Waals surface area contributed by atoms with Gasteiger partial charge in [-0.25, -0.2) is 0 Å². The number of ether oxygens (including phenoxy) is 1. The van der Waals surface area contributed by atoms with Crippen LogP contribution in [0.25, 0.3) is 0 Å². The molecular weight excluding hydrogens is 278 g/mol. The summed E-state index contributed by atoms with van der Waals surface area (Å²) in [6.45, 7) is 3.98. The monoisotopic (exact) mass is 299 g/mol. The van der Waals surface area contributed by atoms with Gasteiger partial charge in [0.2, 0.25) is 5.91 Å². The van der Waals surface area contributed by atoms with Gasteiger partial charge in [0.1, 0.15) is 11.5 Å². The number of pyridine rings is 1. The number of hydrogen-bond acceptors (Lipinski definition) is 4.